The summed E-state index contributed by atoms with van der Waals surface area (Å²) in [7, 11) is 0. The molecule has 0 bridgehead atoms. The molecule has 0 radical (unpaired) electrons. The summed E-state index contributed by atoms with van der Waals surface area (Å²) in [6, 6.07) is 6.34. The maximum absolute atomic E-state index is 12.0. The average Bonchev–Trinajstić information content (AvgIpc) is 2.39. The Morgan fingerprint density at radius 3 is 2.79 bits per heavy atom. The SMILES string of the molecule is Cc1ncc(Br)c(=O)n1Cc1ccccc1[N+](=O)[O-]. The van der Waals surface area contributed by atoms with Gasteiger partial charge >= 0.3 is 0 Å². The summed E-state index contributed by atoms with van der Waals surface area (Å²) in [6.45, 7) is 1.80. The van der Waals surface area contributed by atoms with Crippen molar-refractivity contribution in [2.75, 3.05) is 0 Å². The molecule has 19 heavy (non-hydrogen) atoms. The van der Waals surface area contributed by atoms with Gasteiger partial charge < -0.3 is 0 Å². The second-order valence-corrected chi connectivity index (χ2v) is 4.78. The van der Waals surface area contributed by atoms with Gasteiger partial charge in [-0.25, -0.2) is 4.98 Å². The summed E-state index contributed by atoms with van der Waals surface area (Å²) in [5, 5.41) is 10.9. The smallest absolute Gasteiger partial charge is 0.274 e. The lowest BCUT2D eigenvalue weighted by Gasteiger charge is -2.09. The predicted molar refractivity (Wildman–Crippen MR) is 73.1 cm³/mol. The maximum atomic E-state index is 12.0. The van der Waals surface area contributed by atoms with Crippen molar-refractivity contribution in [2.45, 2.75) is 13.5 Å². The van der Waals surface area contributed by atoms with Crippen molar-refractivity contribution in [1.82, 2.24) is 9.55 Å². The van der Waals surface area contributed by atoms with E-state index in [0.717, 1.165) is 0 Å². The van der Waals surface area contributed by atoms with Gasteiger partial charge in [-0.05, 0) is 22.9 Å². The van der Waals surface area contributed by atoms with E-state index in [1.807, 2.05) is 0 Å². The van der Waals surface area contributed by atoms with Gasteiger partial charge in [0.05, 0.1) is 11.5 Å². The average molecular weight is 324 g/mol. The Kier molecular flexibility index (Phi) is 3.75. The fourth-order valence-corrected chi connectivity index (χ4v) is 2.05. The monoisotopic (exact) mass is 323 g/mol. The standard InChI is InChI=1S/C12H10BrN3O3/c1-8-14-6-10(13)12(17)15(8)7-9-4-2-3-5-11(9)16(18)19/h2-6H,7H2,1H3. The van der Waals surface area contributed by atoms with Crippen LogP contribution >= 0.6 is 15.9 Å². The van der Waals surface area contributed by atoms with Crippen molar-refractivity contribution in [1.29, 1.82) is 0 Å². The second kappa shape index (κ2) is 5.31. The van der Waals surface area contributed by atoms with Gasteiger partial charge in [-0.3, -0.25) is 19.5 Å². The van der Waals surface area contributed by atoms with Crippen LogP contribution in [0.5, 0.6) is 0 Å². The number of hydrogen-bond acceptors (Lipinski definition) is 4. The Labute approximate surface area is 117 Å². The minimum absolute atomic E-state index is 0.00576. The molecule has 0 atom stereocenters. The van der Waals surface area contributed by atoms with E-state index in [1.54, 1.807) is 25.1 Å². The van der Waals surface area contributed by atoms with E-state index in [1.165, 1.54) is 16.8 Å². The van der Waals surface area contributed by atoms with Gasteiger partial charge in [0.1, 0.15) is 10.3 Å². The van der Waals surface area contributed by atoms with Crippen LogP contribution in [0.25, 0.3) is 0 Å². The van der Waals surface area contributed by atoms with Crippen LogP contribution in [0.1, 0.15) is 11.4 Å². The van der Waals surface area contributed by atoms with Crippen LogP contribution in [-0.4, -0.2) is 14.5 Å². The predicted octanol–water partition coefficient (Wildman–Crippen LogP) is 2.27. The van der Waals surface area contributed by atoms with Crippen molar-refractivity contribution in [3.8, 4) is 0 Å². The number of nitro benzene ring substituents is 1. The third-order valence-electron chi connectivity index (χ3n) is 2.72. The number of benzene rings is 1. The first kappa shape index (κ1) is 13.4. The quantitative estimate of drug-likeness (QED) is 0.641. The number of nitrogens with zero attached hydrogens (tertiary/aromatic N) is 3. The van der Waals surface area contributed by atoms with Crippen molar-refractivity contribution >= 4 is 21.6 Å². The Bertz CT molecular complexity index is 697. The molecule has 0 aliphatic heterocycles. The van der Waals surface area contributed by atoms with Gasteiger partial charge in [-0.15, -0.1) is 0 Å². The third kappa shape index (κ3) is 2.70. The number of halogens is 1. The molecule has 7 heteroatoms. The molecule has 0 amide bonds. The highest BCUT2D eigenvalue weighted by atomic mass is 79.9. The highest BCUT2D eigenvalue weighted by Crippen LogP contribution is 2.18. The lowest BCUT2D eigenvalue weighted by Crippen LogP contribution is -2.24. The number of para-hydroxylation sites is 1. The summed E-state index contributed by atoms with van der Waals surface area (Å²) in [5.41, 5.74) is 0.206. The zero-order valence-electron chi connectivity index (χ0n) is 10.0. The molecule has 0 fully saturated rings. The van der Waals surface area contributed by atoms with E-state index in [-0.39, 0.29) is 17.8 Å². The molecule has 0 N–H and O–H groups in total. The Morgan fingerprint density at radius 2 is 2.11 bits per heavy atom. The molecule has 0 unspecified atom stereocenters. The molecule has 0 spiro atoms. The number of rotatable bonds is 3. The summed E-state index contributed by atoms with van der Waals surface area (Å²) in [6.07, 6.45) is 1.42. The summed E-state index contributed by atoms with van der Waals surface area (Å²) < 4.78 is 1.73. The molecule has 6 nitrogen and oxygen atoms in total. The first-order valence-corrected chi connectivity index (χ1v) is 6.24. The van der Waals surface area contributed by atoms with Crippen LogP contribution in [-0.2, 0) is 6.54 Å². The van der Waals surface area contributed by atoms with Crippen molar-refractivity contribution < 1.29 is 4.92 Å². The van der Waals surface area contributed by atoms with E-state index >= 15 is 0 Å². The molecule has 1 heterocycles. The third-order valence-corrected chi connectivity index (χ3v) is 3.27. The van der Waals surface area contributed by atoms with Gasteiger partial charge in [-0.1, -0.05) is 18.2 Å². The van der Waals surface area contributed by atoms with Crippen LogP contribution in [0.15, 0.2) is 39.7 Å². The number of hydrogen-bond donors (Lipinski definition) is 0. The molecule has 98 valence electrons. The molecule has 2 aromatic rings. The molecule has 2 rings (SSSR count). The molecule has 0 aliphatic rings. The largest absolute Gasteiger partial charge is 0.291 e. The second-order valence-electron chi connectivity index (χ2n) is 3.93. The molecule has 0 saturated carbocycles. The van der Waals surface area contributed by atoms with Crippen molar-refractivity contribution in [3.05, 3.63) is 66.8 Å². The summed E-state index contributed by atoms with van der Waals surface area (Å²) in [4.78, 5) is 26.5. The van der Waals surface area contributed by atoms with Crippen LogP contribution in [0.4, 0.5) is 5.69 Å². The Balaban J connectivity index is 2.51. The van der Waals surface area contributed by atoms with Crippen LogP contribution in [0.3, 0.4) is 0 Å². The van der Waals surface area contributed by atoms with E-state index < -0.39 is 4.92 Å². The van der Waals surface area contributed by atoms with E-state index in [4.69, 9.17) is 0 Å². The lowest BCUT2D eigenvalue weighted by molar-refractivity contribution is -0.385. The van der Waals surface area contributed by atoms with Crippen molar-refractivity contribution in [3.63, 3.8) is 0 Å². The van der Waals surface area contributed by atoms with Crippen LogP contribution < -0.4 is 5.56 Å². The van der Waals surface area contributed by atoms with E-state index in [9.17, 15) is 14.9 Å². The van der Waals surface area contributed by atoms with Gasteiger partial charge in [-0.2, -0.15) is 0 Å². The fraction of sp³-hybridized carbons (Fsp3) is 0.167. The lowest BCUT2D eigenvalue weighted by atomic mass is 10.2. The fourth-order valence-electron chi connectivity index (χ4n) is 1.73. The molecular formula is C12H10BrN3O3. The molecule has 1 aromatic carbocycles. The maximum Gasteiger partial charge on any atom is 0.274 e. The number of aryl methyl sites for hydroxylation is 1. The summed E-state index contributed by atoms with van der Waals surface area (Å²) in [5.74, 6) is 0.506. The minimum Gasteiger partial charge on any atom is -0.291 e. The normalized spacial score (nSPS) is 10.4. The molecule has 0 aliphatic carbocycles. The van der Waals surface area contributed by atoms with Gasteiger partial charge in [0.25, 0.3) is 11.2 Å². The zero-order valence-corrected chi connectivity index (χ0v) is 11.6. The van der Waals surface area contributed by atoms with E-state index in [2.05, 4.69) is 20.9 Å². The van der Waals surface area contributed by atoms with Crippen LogP contribution in [0.2, 0.25) is 0 Å². The van der Waals surface area contributed by atoms with Gasteiger partial charge in [0.15, 0.2) is 0 Å². The highest BCUT2D eigenvalue weighted by molar-refractivity contribution is 9.10. The van der Waals surface area contributed by atoms with E-state index in [0.29, 0.717) is 15.9 Å². The topological polar surface area (TPSA) is 78.0 Å². The first-order valence-electron chi connectivity index (χ1n) is 5.45. The first-order chi connectivity index (χ1) is 9.00. The molecule has 0 saturated heterocycles. The van der Waals surface area contributed by atoms with Gasteiger partial charge in [0.2, 0.25) is 0 Å². The van der Waals surface area contributed by atoms with Gasteiger partial charge in [0, 0.05) is 17.8 Å². The molecule has 1 aromatic heterocycles. The Hall–Kier alpha value is -2.02. The number of aromatic nitrogens is 2. The Morgan fingerprint density at radius 1 is 1.42 bits per heavy atom. The van der Waals surface area contributed by atoms with Crippen LogP contribution in [0, 0.1) is 17.0 Å². The van der Waals surface area contributed by atoms with Crippen molar-refractivity contribution in [2.24, 2.45) is 0 Å². The number of nitro groups is 1. The minimum atomic E-state index is -0.457. The molecular weight excluding hydrogens is 314 g/mol. The highest BCUT2D eigenvalue weighted by Gasteiger charge is 2.14. The zero-order chi connectivity index (χ0) is 14.0. The summed E-state index contributed by atoms with van der Waals surface area (Å²) >= 11 is 3.11.